The maximum absolute atomic E-state index is 12.4. The van der Waals surface area contributed by atoms with Gasteiger partial charge in [-0.15, -0.1) is 16.4 Å². The standard InChI is InChI=1S/C18H16N4O2S/c1-24-11-8-6-10(7-9-11)15-19-16-14-12-4-2-3-5-13(12)25-17(14)20-18(23)22(16)21-15/h6-9H,2-5H2,1H3,(H,20,23). The van der Waals surface area contributed by atoms with E-state index < -0.39 is 0 Å². The normalized spacial score (nSPS) is 14.1. The number of nitrogens with zero attached hydrogens (tertiary/aromatic N) is 3. The van der Waals surface area contributed by atoms with Crippen molar-refractivity contribution in [3.63, 3.8) is 0 Å². The van der Waals surface area contributed by atoms with E-state index in [1.165, 1.54) is 27.8 Å². The van der Waals surface area contributed by atoms with E-state index in [2.05, 4.69) is 10.1 Å². The number of hydrogen-bond donors (Lipinski definition) is 1. The molecule has 3 aromatic heterocycles. The average molecular weight is 352 g/mol. The monoisotopic (exact) mass is 352 g/mol. The number of hydrogen-bond acceptors (Lipinski definition) is 5. The number of fused-ring (bicyclic) bond motifs is 5. The molecule has 1 aromatic carbocycles. The second-order valence-corrected chi connectivity index (χ2v) is 7.35. The number of H-pyrrole nitrogens is 1. The fourth-order valence-corrected chi connectivity index (χ4v) is 4.79. The van der Waals surface area contributed by atoms with Gasteiger partial charge in [0.1, 0.15) is 10.6 Å². The first-order valence-electron chi connectivity index (χ1n) is 8.32. The molecule has 0 saturated carbocycles. The summed E-state index contributed by atoms with van der Waals surface area (Å²) in [5, 5.41) is 5.50. The Hall–Kier alpha value is -2.67. The Balaban J connectivity index is 1.77. The Morgan fingerprint density at radius 1 is 1.20 bits per heavy atom. The van der Waals surface area contributed by atoms with Gasteiger partial charge in [-0.1, -0.05) is 0 Å². The highest BCUT2D eigenvalue weighted by Gasteiger charge is 2.21. The first-order valence-corrected chi connectivity index (χ1v) is 9.14. The summed E-state index contributed by atoms with van der Waals surface area (Å²) in [6.45, 7) is 0. The van der Waals surface area contributed by atoms with E-state index in [0.717, 1.165) is 34.4 Å². The summed E-state index contributed by atoms with van der Waals surface area (Å²) in [5.41, 5.74) is 2.61. The molecule has 3 heterocycles. The van der Waals surface area contributed by atoms with E-state index in [9.17, 15) is 4.79 Å². The second kappa shape index (κ2) is 5.42. The van der Waals surface area contributed by atoms with Gasteiger partial charge in [0.05, 0.1) is 12.5 Å². The van der Waals surface area contributed by atoms with Gasteiger partial charge in [0, 0.05) is 10.4 Å². The van der Waals surface area contributed by atoms with Gasteiger partial charge in [-0.05, 0) is 55.5 Å². The Morgan fingerprint density at radius 2 is 2.00 bits per heavy atom. The lowest BCUT2D eigenvalue weighted by atomic mass is 9.97. The Labute approximate surface area is 147 Å². The van der Waals surface area contributed by atoms with E-state index in [1.807, 2.05) is 24.3 Å². The summed E-state index contributed by atoms with van der Waals surface area (Å²) in [4.78, 5) is 22.4. The molecular weight excluding hydrogens is 336 g/mol. The predicted octanol–water partition coefficient (Wildman–Crippen LogP) is 3.19. The molecule has 1 N–H and O–H groups in total. The Bertz CT molecular complexity index is 1150. The summed E-state index contributed by atoms with van der Waals surface area (Å²) in [6, 6.07) is 7.55. The van der Waals surface area contributed by atoms with Crippen LogP contribution in [0.3, 0.4) is 0 Å². The highest BCUT2D eigenvalue weighted by Crippen LogP contribution is 2.36. The van der Waals surface area contributed by atoms with Crippen LogP contribution in [0.1, 0.15) is 23.3 Å². The SMILES string of the molecule is COc1ccc(-c2nc3c4c5c(sc4[nH]c(=O)n3n2)CCCC5)cc1. The molecule has 0 spiro atoms. The molecule has 25 heavy (non-hydrogen) atoms. The maximum Gasteiger partial charge on any atom is 0.349 e. The Morgan fingerprint density at radius 3 is 2.80 bits per heavy atom. The number of rotatable bonds is 2. The smallest absolute Gasteiger partial charge is 0.349 e. The van der Waals surface area contributed by atoms with Crippen LogP contribution < -0.4 is 10.4 Å². The van der Waals surface area contributed by atoms with Gasteiger partial charge in [-0.3, -0.25) is 4.98 Å². The van der Waals surface area contributed by atoms with E-state index in [-0.39, 0.29) is 5.69 Å². The molecule has 0 atom stereocenters. The number of thiophene rings is 1. The second-order valence-electron chi connectivity index (χ2n) is 6.24. The summed E-state index contributed by atoms with van der Waals surface area (Å²) in [7, 11) is 1.63. The fourth-order valence-electron chi connectivity index (χ4n) is 3.52. The molecule has 126 valence electrons. The zero-order chi connectivity index (χ0) is 17.0. The summed E-state index contributed by atoms with van der Waals surface area (Å²) in [6.07, 6.45) is 4.53. The summed E-state index contributed by atoms with van der Waals surface area (Å²) < 4.78 is 6.59. The topological polar surface area (TPSA) is 72.3 Å². The molecule has 5 rings (SSSR count). The molecule has 1 aliphatic rings. The van der Waals surface area contributed by atoms with E-state index >= 15 is 0 Å². The molecule has 7 heteroatoms. The quantitative estimate of drug-likeness (QED) is 0.601. The number of aryl methyl sites for hydroxylation is 2. The van der Waals surface area contributed by atoms with Crippen molar-refractivity contribution in [3.05, 3.63) is 45.2 Å². The van der Waals surface area contributed by atoms with E-state index in [1.54, 1.807) is 18.4 Å². The van der Waals surface area contributed by atoms with Crippen LogP contribution in [0, 0.1) is 0 Å². The van der Waals surface area contributed by atoms with Crippen molar-refractivity contribution in [3.8, 4) is 17.1 Å². The molecule has 4 aromatic rings. The van der Waals surface area contributed by atoms with Crippen LogP contribution in [-0.2, 0) is 12.8 Å². The fraction of sp³-hybridized carbons (Fsp3) is 0.278. The third kappa shape index (κ3) is 2.19. The van der Waals surface area contributed by atoms with Gasteiger partial charge in [-0.2, -0.15) is 4.52 Å². The lowest BCUT2D eigenvalue weighted by Crippen LogP contribution is -2.17. The third-order valence-corrected chi connectivity index (χ3v) is 5.97. The first-order chi connectivity index (χ1) is 12.2. The van der Waals surface area contributed by atoms with Gasteiger partial charge < -0.3 is 4.74 Å². The zero-order valence-electron chi connectivity index (χ0n) is 13.7. The summed E-state index contributed by atoms with van der Waals surface area (Å²) >= 11 is 1.69. The van der Waals surface area contributed by atoms with Crippen molar-refractivity contribution in [1.82, 2.24) is 19.6 Å². The molecule has 0 amide bonds. The zero-order valence-corrected chi connectivity index (χ0v) is 14.5. The molecule has 0 aliphatic heterocycles. The molecule has 0 fully saturated rings. The van der Waals surface area contributed by atoms with Crippen molar-refractivity contribution < 1.29 is 4.74 Å². The molecule has 0 radical (unpaired) electrons. The van der Waals surface area contributed by atoms with E-state index in [0.29, 0.717) is 11.5 Å². The number of benzene rings is 1. The van der Waals surface area contributed by atoms with Crippen molar-refractivity contribution >= 4 is 27.2 Å². The number of ether oxygens (including phenoxy) is 1. The van der Waals surface area contributed by atoms with Crippen molar-refractivity contribution in [2.45, 2.75) is 25.7 Å². The van der Waals surface area contributed by atoms with Gasteiger partial charge in [0.25, 0.3) is 0 Å². The highest BCUT2D eigenvalue weighted by atomic mass is 32.1. The van der Waals surface area contributed by atoms with Crippen molar-refractivity contribution in [2.75, 3.05) is 7.11 Å². The van der Waals surface area contributed by atoms with Gasteiger partial charge in [-0.25, -0.2) is 9.78 Å². The van der Waals surface area contributed by atoms with Gasteiger partial charge in [0.2, 0.25) is 0 Å². The molecule has 0 bridgehead atoms. The van der Waals surface area contributed by atoms with Crippen LogP contribution in [0.5, 0.6) is 5.75 Å². The number of methoxy groups -OCH3 is 1. The minimum atomic E-state index is -0.242. The van der Waals surface area contributed by atoms with Crippen LogP contribution in [-0.4, -0.2) is 26.7 Å². The highest BCUT2D eigenvalue weighted by molar-refractivity contribution is 7.19. The van der Waals surface area contributed by atoms with Crippen LogP contribution in [0.2, 0.25) is 0 Å². The van der Waals surface area contributed by atoms with Crippen LogP contribution in [0.4, 0.5) is 0 Å². The minimum absolute atomic E-state index is 0.242. The largest absolute Gasteiger partial charge is 0.497 e. The third-order valence-electron chi connectivity index (χ3n) is 4.76. The van der Waals surface area contributed by atoms with Crippen LogP contribution in [0.15, 0.2) is 29.1 Å². The Kier molecular flexibility index (Phi) is 3.18. The summed E-state index contributed by atoms with van der Waals surface area (Å²) in [5.74, 6) is 1.33. The lowest BCUT2D eigenvalue weighted by molar-refractivity contribution is 0.415. The van der Waals surface area contributed by atoms with Crippen LogP contribution >= 0.6 is 11.3 Å². The van der Waals surface area contributed by atoms with Crippen molar-refractivity contribution in [2.24, 2.45) is 0 Å². The van der Waals surface area contributed by atoms with Gasteiger partial charge in [0.15, 0.2) is 11.5 Å². The maximum atomic E-state index is 12.4. The predicted molar refractivity (Wildman–Crippen MR) is 97.6 cm³/mol. The molecular formula is C18H16N4O2S. The first kappa shape index (κ1) is 14.7. The van der Waals surface area contributed by atoms with Crippen molar-refractivity contribution in [1.29, 1.82) is 0 Å². The van der Waals surface area contributed by atoms with Gasteiger partial charge >= 0.3 is 5.69 Å². The molecule has 0 unspecified atom stereocenters. The van der Waals surface area contributed by atoms with Crippen LogP contribution in [0.25, 0.3) is 27.3 Å². The average Bonchev–Trinajstić information content (AvgIpc) is 3.23. The molecule has 6 nitrogen and oxygen atoms in total. The minimum Gasteiger partial charge on any atom is -0.497 e. The number of aromatic nitrogens is 4. The molecule has 0 saturated heterocycles. The number of aromatic amines is 1. The molecule has 1 aliphatic carbocycles. The lowest BCUT2D eigenvalue weighted by Gasteiger charge is -2.09. The number of nitrogens with one attached hydrogen (secondary N) is 1. The van der Waals surface area contributed by atoms with E-state index in [4.69, 9.17) is 9.72 Å².